The minimum absolute atomic E-state index is 0.549. The highest BCUT2D eigenvalue weighted by molar-refractivity contribution is 5.47. The molecule has 0 atom stereocenters. The van der Waals surface area contributed by atoms with Crippen LogP contribution < -0.4 is 21.7 Å². The van der Waals surface area contributed by atoms with Gasteiger partial charge in [0.05, 0.1) is 12.5 Å². The zero-order valence-corrected chi connectivity index (χ0v) is 16.6. The second kappa shape index (κ2) is 11.4. The number of hydrogen-bond acceptors (Lipinski definition) is 5. The molecule has 5 N–H and O–H groups in total. The molecule has 0 unspecified atom stereocenters. The Labute approximate surface area is 158 Å². The summed E-state index contributed by atoms with van der Waals surface area (Å²) in [6.45, 7) is 17.1. The van der Waals surface area contributed by atoms with Crippen molar-refractivity contribution in [3.63, 3.8) is 0 Å². The summed E-state index contributed by atoms with van der Waals surface area (Å²) in [6, 6.07) is 0. The summed E-state index contributed by atoms with van der Waals surface area (Å²) < 4.78 is 0. The van der Waals surface area contributed by atoms with E-state index in [2.05, 4.69) is 54.7 Å². The highest BCUT2D eigenvalue weighted by atomic mass is 15.1. The lowest BCUT2D eigenvalue weighted by Crippen LogP contribution is -2.33. The van der Waals surface area contributed by atoms with Crippen LogP contribution in [0.25, 0.3) is 0 Å². The molecular formula is C21H35N5. The normalized spacial score (nSPS) is 17.3. The van der Waals surface area contributed by atoms with E-state index in [0.717, 1.165) is 17.0 Å². The van der Waals surface area contributed by atoms with Crippen LogP contribution in [0, 0.1) is 5.92 Å². The Bertz CT molecular complexity index is 604. The largest absolute Gasteiger partial charge is 0.386 e. The maximum atomic E-state index is 5.81. The molecule has 0 aromatic rings. The number of aliphatic imine (C=N–C) groups is 1. The van der Waals surface area contributed by atoms with Gasteiger partial charge < -0.3 is 16.4 Å². The zero-order valence-electron chi connectivity index (χ0n) is 16.6. The fourth-order valence-corrected chi connectivity index (χ4v) is 3.61. The van der Waals surface area contributed by atoms with Crippen molar-refractivity contribution in [1.82, 2.24) is 16.0 Å². The van der Waals surface area contributed by atoms with Crippen molar-refractivity contribution in [2.75, 3.05) is 20.3 Å². The van der Waals surface area contributed by atoms with Crippen LogP contribution >= 0.6 is 0 Å². The van der Waals surface area contributed by atoms with E-state index in [4.69, 9.17) is 5.73 Å². The van der Waals surface area contributed by atoms with Crippen molar-refractivity contribution in [3.8, 4) is 0 Å². The molecule has 1 saturated carbocycles. The first-order valence-corrected chi connectivity index (χ1v) is 9.23. The molecule has 0 saturated heterocycles. The molecule has 0 spiro atoms. The Hall–Kier alpha value is -2.27. The van der Waals surface area contributed by atoms with Gasteiger partial charge in [-0.15, -0.1) is 0 Å². The van der Waals surface area contributed by atoms with Crippen molar-refractivity contribution in [1.29, 1.82) is 0 Å². The molecule has 5 nitrogen and oxygen atoms in total. The van der Waals surface area contributed by atoms with Gasteiger partial charge in [-0.2, -0.15) is 0 Å². The Morgan fingerprint density at radius 3 is 2.42 bits per heavy atom. The van der Waals surface area contributed by atoms with E-state index < -0.39 is 0 Å². The SMILES string of the molecule is C=C/C=C(\N)NCNCC(=C(\N=C)NC)/C(C)=C(/C(=C)C)C1CCCC1. The van der Waals surface area contributed by atoms with Crippen LogP contribution in [-0.4, -0.2) is 27.0 Å². The number of rotatable bonds is 11. The van der Waals surface area contributed by atoms with Gasteiger partial charge in [-0.05, 0) is 56.5 Å². The molecule has 1 aliphatic rings. The lowest BCUT2D eigenvalue weighted by atomic mass is 9.86. The second-order valence-corrected chi connectivity index (χ2v) is 6.67. The number of nitrogens with two attached hydrogens (primary N) is 1. The molecule has 0 aromatic heterocycles. The van der Waals surface area contributed by atoms with Crippen LogP contribution in [0.4, 0.5) is 0 Å². The molecule has 1 fully saturated rings. The van der Waals surface area contributed by atoms with Crippen LogP contribution in [0.1, 0.15) is 39.5 Å². The quantitative estimate of drug-likeness (QED) is 0.198. The third kappa shape index (κ3) is 6.23. The predicted octanol–water partition coefficient (Wildman–Crippen LogP) is 3.32. The molecule has 0 amide bonds. The van der Waals surface area contributed by atoms with Crippen LogP contribution in [-0.2, 0) is 0 Å². The van der Waals surface area contributed by atoms with Crippen LogP contribution in [0.3, 0.4) is 0 Å². The number of nitrogens with one attached hydrogen (secondary N) is 3. The molecule has 1 aliphatic carbocycles. The molecule has 0 radical (unpaired) electrons. The molecule has 0 aromatic carbocycles. The highest BCUT2D eigenvalue weighted by Gasteiger charge is 2.23. The molecule has 1 rings (SSSR count). The maximum Gasteiger partial charge on any atom is 0.129 e. The van der Waals surface area contributed by atoms with Gasteiger partial charge in [0.15, 0.2) is 0 Å². The second-order valence-electron chi connectivity index (χ2n) is 6.67. The van der Waals surface area contributed by atoms with E-state index in [-0.39, 0.29) is 0 Å². The average Bonchev–Trinajstić information content (AvgIpc) is 3.11. The fraction of sp³-hybridized carbons (Fsp3) is 0.476. The summed E-state index contributed by atoms with van der Waals surface area (Å²) in [6.07, 6.45) is 8.45. The fourth-order valence-electron chi connectivity index (χ4n) is 3.61. The molecule has 5 heteroatoms. The summed E-state index contributed by atoms with van der Waals surface area (Å²) in [5.41, 5.74) is 10.7. The van der Waals surface area contributed by atoms with E-state index in [0.29, 0.717) is 25.0 Å². The Kier molecular flexibility index (Phi) is 9.52. The summed E-state index contributed by atoms with van der Waals surface area (Å²) in [5, 5.41) is 9.63. The van der Waals surface area contributed by atoms with Crippen LogP contribution in [0.15, 0.2) is 64.2 Å². The van der Waals surface area contributed by atoms with Crippen LogP contribution in [0.2, 0.25) is 0 Å². The minimum atomic E-state index is 0.549. The highest BCUT2D eigenvalue weighted by Crippen LogP contribution is 2.37. The standard InChI is InChI=1S/C21H35N5/c1-7-10-19(22)26-14-25-13-18(21(23-5)24-6)16(4)20(15(2)3)17-11-8-9-12-17/h7,10,17,24-26H,1-2,5,8-9,11-14,22H2,3-4,6H3/b19-10+,20-16-,21-18-. The van der Waals surface area contributed by atoms with Gasteiger partial charge in [-0.1, -0.05) is 37.6 Å². The Balaban J connectivity index is 3.05. The molecular weight excluding hydrogens is 322 g/mol. The van der Waals surface area contributed by atoms with Crippen molar-refractivity contribution in [2.45, 2.75) is 39.5 Å². The summed E-state index contributed by atoms with van der Waals surface area (Å²) in [4.78, 5) is 4.18. The van der Waals surface area contributed by atoms with Crippen molar-refractivity contribution in [3.05, 3.63) is 59.2 Å². The van der Waals surface area contributed by atoms with Gasteiger partial charge in [0.25, 0.3) is 0 Å². The zero-order chi connectivity index (χ0) is 19.5. The minimum Gasteiger partial charge on any atom is -0.386 e. The van der Waals surface area contributed by atoms with E-state index in [1.807, 2.05) is 7.05 Å². The van der Waals surface area contributed by atoms with Gasteiger partial charge in [-0.25, -0.2) is 4.99 Å². The first-order chi connectivity index (χ1) is 12.5. The topological polar surface area (TPSA) is 74.5 Å². The number of hydrogen-bond donors (Lipinski definition) is 4. The first kappa shape index (κ1) is 21.8. The van der Waals surface area contributed by atoms with Gasteiger partial charge >= 0.3 is 0 Å². The Morgan fingerprint density at radius 2 is 1.92 bits per heavy atom. The monoisotopic (exact) mass is 357 g/mol. The van der Waals surface area contributed by atoms with Gasteiger partial charge in [0, 0.05) is 19.2 Å². The lowest BCUT2D eigenvalue weighted by Gasteiger charge is -2.22. The van der Waals surface area contributed by atoms with Crippen molar-refractivity contribution < 1.29 is 0 Å². The van der Waals surface area contributed by atoms with E-state index in [1.54, 1.807) is 12.2 Å². The molecule has 0 bridgehead atoms. The van der Waals surface area contributed by atoms with Gasteiger partial charge in [0.2, 0.25) is 0 Å². The summed E-state index contributed by atoms with van der Waals surface area (Å²) >= 11 is 0. The van der Waals surface area contributed by atoms with Crippen molar-refractivity contribution >= 4 is 6.72 Å². The predicted molar refractivity (Wildman–Crippen MR) is 114 cm³/mol. The van der Waals surface area contributed by atoms with Crippen molar-refractivity contribution in [2.24, 2.45) is 16.6 Å². The molecule has 0 aliphatic heterocycles. The lowest BCUT2D eigenvalue weighted by molar-refractivity contribution is 0.633. The van der Waals surface area contributed by atoms with Gasteiger partial charge in [-0.3, -0.25) is 5.32 Å². The van der Waals surface area contributed by atoms with Crippen LogP contribution in [0.5, 0.6) is 0 Å². The van der Waals surface area contributed by atoms with Gasteiger partial charge in [0.1, 0.15) is 5.82 Å². The maximum absolute atomic E-state index is 5.81. The smallest absolute Gasteiger partial charge is 0.129 e. The van der Waals surface area contributed by atoms with E-state index >= 15 is 0 Å². The molecule has 26 heavy (non-hydrogen) atoms. The van der Waals surface area contributed by atoms with E-state index in [1.165, 1.54) is 36.8 Å². The third-order valence-electron chi connectivity index (χ3n) is 4.78. The molecule has 144 valence electrons. The molecule has 0 heterocycles. The van der Waals surface area contributed by atoms with E-state index in [9.17, 15) is 0 Å². The number of allylic oxidation sites excluding steroid dienone is 4. The summed E-state index contributed by atoms with van der Waals surface area (Å²) in [7, 11) is 1.87. The Morgan fingerprint density at radius 1 is 1.27 bits per heavy atom. The summed E-state index contributed by atoms with van der Waals surface area (Å²) in [5.74, 6) is 1.96. The average molecular weight is 358 g/mol. The first-order valence-electron chi connectivity index (χ1n) is 9.23. The third-order valence-corrected chi connectivity index (χ3v) is 4.78. The number of nitrogens with zero attached hydrogens (tertiary/aromatic N) is 1.